The number of benzene rings is 3. The molecule has 0 nitrogen and oxygen atoms in total. The maximum absolute atomic E-state index is 2.60. The minimum absolute atomic E-state index is 0.200. The fraction of sp³-hybridized carbons (Fsp3) is 0.333. The molecule has 5 rings (SSSR count). The first-order valence-electron chi connectivity index (χ1n) is 11.4. The number of rotatable bonds is 2. The van der Waals surface area contributed by atoms with Gasteiger partial charge in [-0.25, -0.2) is 0 Å². The van der Waals surface area contributed by atoms with Crippen molar-refractivity contribution in [3.05, 3.63) is 112 Å². The topological polar surface area (TPSA) is 0 Å². The minimum atomic E-state index is 0.200. The Morgan fingerprint density at radius 3 is 2.13 bits per heavy atom. The molecule has 30 heavy (non-hydrogen) atoms. The van der Waals surface area contributed by atoms with E-state index in [0.717, 1.165) is 12.8 Å². The molecule has 0 radical (unpaired) electrons. The quantitative estimate of drug-likeness (QED) is 0.417. The van der Waals surface area contributed by atoms with Crippen molar-refractivity contribution in [2.75, 3.05) is 0 Å². The van der Waals surface area contributed by atoms with Crippen LogP contribution in [0.2, 0.25) is 0 Å². The van der Waals surface area contributed by atoms with E-state index in [1.807, 2.05) is 0 Å². The number of hydrogen-bond acceptors (Lipinski definition) is 0. The Bertz CT molecular complexity index is 1070. The molecule has 0 fully saturated rings. The summed E-state index contributed by atoms with van der Waals surface area (Å²) in [6, 6.07) is 27.7. The van der Waals surface area contributed by atoms with Crippen LogP contribution in [-0.2, 0) is 11.8 Å². The van der Waals surface area contributed by atoms with Crippen molar-refractivity contribution < 1.29 is 0 Å². The van der Waals surface area contributed by atoms with Crippen LogP contribution < -0.4 is 0 Å². The molecule has 0 aliphatic heterocycles. The van der Waals surface area contributed by atoms with E-state index in [9.17, 15) is 0 Å². The first-order chi connectivity index (χ1) is 14.4. The molecular formula is C30H32. The highest BCUT2D eigenvalue weighted by molar-refractivity contribution is 5.70. The summed E-state index contributed by atoms with van der Waals surface area (Å²) in [7, 11) is 0. The molecule has 0 spiro atoms. The van der Waals surface area contributed by atoms with Crippen molar-refractivity contribution in [1.82, 2.24) is 0 Å². The number of aryl methyl sites for hydroxylation is 1. The molecule has 0 amide bonds. The van der Waals surface area contributed by atoms with Crippen molar-refractivity contribution in [2.24, 2.45) is 5.92 Å². The predicted molar refractivity (Wildman–Crippen MR) is 128 cm³/mol. The van der Waals surface area contributed by atoms with Gasteiger partial charge in [0.1, 0.15) is 0 Å². The first-order valence-corrected chi connectivity index (χ1v) is 11.4. The van der Waals surface area contributed by atoms with Crippen LogP contribution in [0.25, 0.3) is 5.57 Å². The number of fused-ring (bicyclic) bond motifs is 3. The van der Waals surface area contributed by atoms with Crippen LogP contribution in [0.4, 0.5) is 0 Å². The third kappa shape index (κ3) is 3.43. The zero-order valence-electron chi connectivity index (χ0n) is 18.7. The van der Waals surface area contributed by atoms with Crippen LogP contribution in [0.5, 0.6) is 0 Å². The average Bonchev–Trinajstić information content (AvgIpc) is 3.19. The third-order valence-electron chi connectivity index (χ3n) is 7.28. The maximum atomic E-state index is 2.60. The second-order valence-electron chi connectivity index (χ2n) is 10.3. The summed E-state index contributed by atoms with van der Waals surface area (Å²) < 4.78 is 0. The van der Waals surface area contributed by atoms with Crippen LogP contribution in [0, 0.1) is 12.8 Å². The molecule has 0 heterocycles. The lowest BCUT2D eigenvalue weighted by molar-refractivity contribution is 0.412. The van der Waals surface area contributed by atoms with Gasteiger partial charge in [-0.1, -0.05) is 105 Å². The van der Waals surface area contributed by atoms with Crippen molar-refractivity contribution >= 4 is 5.57 Å². The van der Waals surface area contributed by atoms with Crippen LogP contribution in [0.15, 0.2) is 78.9 Å². The molecular weight excluding hydrogens is 360 g/mol. The van der Waals surface area contributed by atoms with Gasteiger partial charge in [-0.2, -0.15) is 0 Å². The molecule has 2 aliphatic carbocycles. The highest BCUT2D eigenvalue weighted by Gasteiger charge is 2.40. The summed E-state index contributed by atoms with van der Waals surface area (Å²) in [5.74, 6) is 1.73. The Hall–Kier alpha value is -2.60. The van der Waals surface area contributed by atoms with E-state index in [1.165, 1.54) is 27.8 Å². The lowest BCUT2D eigenvalue weighted by Gasteiger charge is -2.36. The van der Waals surface area contributed by atoms with E-state index in [1.54, 1.807) is 11.1 Å². The van der Waals surface area contributed by atoms with Crippen molar-refractivity contribution in [1.29, 1.82) is 0 Å². The SMILES string of the molecule is Cc1ccc(C2=CC3C(c4ccc(C(C)(C)C)cc4)Cc4ccccc4C3C2)cc1. The van der Waals surface area contributed by atoms with Crippen LogP contribution in [-0.4, -0.2) is 0 Å². The fourth-order valence-electron chi connectivity index (χ4n) is 5.51. The second-order valence-corrected chi connectivity index (χ2v) is 10.3. The molecule has 0 aromatic heterocycles. The summed E-state index contributed by atoms with van der Waals surface area (Å²) in [5.41, 5.74) is 10.5. The average molecular weight is 393 g/mol. The fourth-order valence-corrected chi connectivity index (χ4v) is 5.51. The zero-order chi connectivity index (χ0) is 20.9. The highest BCUT2D eigenvalue weighted by Crippen LogP contribution is 2.53. The molecule has 2 aliphatic rings. The lowest BCUT2D eigenvalue weighted by Crippen LogP contribution is -2.25. The molecule has 3 unspecified atom stereocenters. The van der Waals surface area contributed by atoms with Crippen LogP contribution >= 0.6 is 0 Å². The van der Waals surface area contributed by atoms with Gasteiger partial charge in [0.05, 0.1) is 0 Å². The zero-order valence-corrected chi connectivity index (χ0v) is 18.7. The summed E-state index contributed by atoms with van der Waals surface area (Å²) in [6.07, 6.45) is 4.90. The van der Waals surface area contributed by atoms with E-state index < -0.39 is 0 Å². The Morgan fingerprint density at radius 1 is 0.733 bits per heavy atom. The number of hydrogen-bond donors (Lipinski definition) is 0. The molecule has 3 atom stereocenters. The van der Waals surface area contributed by atoms with Crippen LogP contribution in [0.1, 0.15) is 72.4 Å². The van der Waals surface area contributed by atoms with Gasteiger partial charge >= 0.3 is 0 Å². The first kappa shape index (κ1) is 19.4. The molecule has 0 bridgehead atoms. The summed E-state index contributed by atoms with van der Waals surface area (Å²) in [5, 5.41) is 0. The summed E-state index contributed by atoms with van der Waals surface area (Å²) in [6.45, 7) is 9.05. The van der Waals surface area contributed by atoms with E-state index in [-0.39, 0.29) is 5.41 Å². The van der Waals surface area contributed by atoms with Gasteiger partial charge in [0.2, 0.25) is 0 Å². The molecule has 0 N–H and O–H groups in total. The summed E-state index contributed by atoms with van der Waals surface area (Å²) >= 11 is 0. The normalized spacial score (nSPS) is 22.9. The monoisotopic (exact) mass is 392 g/mol. The summed E-state index contributed by atoms with van der Waals surface area (Å²) in [4.78, 5) is 0. The number of allylic oxidation sites excluding steroid dienone is 2. The highest BCUT2D eigenvalue weighted by atomic mass is 14.4. The van der Waals surface area contributed by atoms with E-state index in [4.69, 9.17) is 0 Å². The Morgan fingerprint density at radius 2 is 1.43 bits per heavy atom. The maximum Gasteiger partial charge on any atom is -0.00495 e. The van der Waals surface area contributed by atoms with E-state index in [2.05, 4.69) is 107 Å². The molecule has 0 heteroatoms. The third-order valence-corrected chi connectivity index (χ3v) is 7.28. The predicted octanol–water partition coefficient (Wildman–Crippen LogP) is 7.82. The van der Waals surface area contributed by atoms with Gasteiger partial charge in [-0.05, 0) is 76.3 Å². The van der Waals surface area contributed by atoms with E-state index >= 15 is 0 Å². The standard InChI is InChI=1S/C30H32/c1-20-9-11-21(12-10-20)24-18-28-26-8-6-5-7-23(26)17-27(29(28)19-24)22-13-15-25(16-14-22)30(2,3)4/h5-16,19,27-29H,17-18H2,1-4H3. The van der Waals surface area contributed by atoms with Gasteiger partial charge in [-0.15, -0.1) is 0 Å². The molecule has 3 aromatic rings. The molecule has 0 saturated heterocycles. The molecule has 3 aromatic carbocycles. The smallest absolute Gasteiger partial charge is 0.00495 e. The van der Waals surface area contributed by atoms with Gasteiger partial charge < -0.3 is 0 Å². The van der Waals surface area contributed by atoms with E-state index in [0.29, 0.717) is 17.8 Å². The Labute approximate surface area is 181 Å². The Kier molecular flexibility index (Phi) is 4.69. The van der Waals surface area contributed by atoms with Crippen molar-refractivity contribution in [3.63, 3.8) is 0 Å². The van der Waals surface area contributed by atoms with Gasteiger partial charge in [-0.3, -0.25) is 0 Å². The molecule has 0 saturated carbocycles. The van der Waals surface area contributed by atoms with Crippen molar-refractivity contribution in [3.8, 4) is 0 Å². The van der Waals surface area contributed by atoms with Crippen LogP contribution in [0.3, 0.4) is 0 Å². The largest absolute Gasteiger partial charge is 0.0763 e. The minimum Gasteiger partial charge on any atom is -0.0763 e. The lowest BCUT2D eigenvalue weighted by atomic mass is 9.68. The Balaban J connectivity index is 1.55. The van der Waals surface area contributed by atoms with Crippen molar-refractivity contribution in [2.45, 2.75) is 57.8 Å². The molecule has 152 valence electrons. The van der Waals surface area contributed by atoms with Gasteiger partial charge in [0, 0.05) is 0 Å². The van der Waals surface area contributed by atoms with Gasteiger partial charge in [0.15, 0.2) is 0 Å². The van der Waals surface area contributed by atoms with Gasteiger partial charge in [0.25, 0.3) is 0 Å². The second kappa shape index (κ2) is 7.27.